The second-order valence-electron chi connectivity index (χ2n) is 6.51. The molecule has 3 aliphatic rings. The van der Waals surface area contributed by atoms with E-state index in [0.29, 0.717) is 24.2 Å². The summed E-state index contributed by atoms with van der Waals surface area (Å²) >= 11 is 0. The Balaban J connectivity index is 1.53. The Kier molecular flexibility index (Phi) is 3.95. The zero-order valence-electron chi connectivity index (χ0n) is 12.0. The van der Waals surface area contributed by atoms with E-state index in [-0.39, 0.29) is 12.0 Å². The Bertz CT molecular complexity index is 409. The second-order valence-corrected chi connectivity index (χ2v) is 6.51. The number of piperazine rings is 1. The molecule has 4 atom stereocenters. The second kappa shape index (κ2) is 5.71. The van der Waals surface area contributed by atoms with Crippen molar-refractivity contribution in [2.24, 2.45) is 23.5 Å². The average Bonchev–Trinajstić information content (AvgIpc) is 3.06. The molecular formula is C15H24N4O. The molecule has 3 fully saturated rings. The van der Waals surface area contributed by atoms with Gasteiger partial charge in [-0.15, -0.1) is 0 Å². The summed E-state index contributed by atoms with van der Waals surface area (Å²) in [5.74, 6) is 1.51. The summed E-state index contributed by atoms with van der Waals surface area (Å²) in [5.41, 5.74) is 6.27. The minimum absolute atomic E-state index is 0.0828. The molecule has 2 aliphatic carbocycles. The Morgan fingerprint density at radius 2 is 1.90 bits per heavy atom. The van der Waals surface area contributed by atoms with Gasteiger partial charge in [-0.25, -0.2) is 0 Å². The molecule has 1 heterocycles. The molecule has 2 N–H and O–H groups in total. The quantitative estimate of drug-likeness (QED) is 0.810. The Morgan fingerprint density at radius 3 is 2.50 bits per heavy atom. The van der Waals surface area contributed by atoms with Crippen molar-refractivity contribution in [1.82, 2.24) is 9.80 Å². The maximum atomic E-state index is 12.7. The van der Waals surface area contributed by atoms with Crippen LogP contribution in [0.3, 0.4) is 0 Å². The van der Waals surface area contributed by atoms with Crippen LogP contribution in [0.2, 0.25) is 0 Å². The first-order valence-electron chi connectivity index (χ1n) is 7.84. The molecule has 0 aromatic rings. The van der Waals surface area contributed by atoms with Gasteiger partial charge in [0.2, 0.25) is 5.91 Å². The molecule has 1 aliphatic heterocycles. The van der Waals surface area contributed by atoms with Crippen LogP contribution in [-0.4, -0.2) is 54.5 Å². The van der Waals surface area contributed by atoms with Crippen molar-refractivity contribution in [2.45, 2.75) is 31.7 Å². The number of nitriles is 1. The summed E-state index contributed by atoms with van der Waals surface area (Å²) < 4.78 is 0. The lowest BCUT2D eigenvalue weighted by Gasteiger charge is -2.38. The van der Waals surface area contributed by atoms with E-state index in [1.54, 1.807) is 0 Å². The maximum Gasteiger partial charge on any atom is 0.227 e. The van der Waals surface area contributed by atoms with Crippen molar-refractivity contribution >= 4 is 5.91 Å². The highest BCUT2D eigenvalue weighted by atomic mass is 16.2. The summed E-state index contributed by atoms with van der Waals surface area (Å²) in [5, 5.41) is 8.62. The number of nitrogens with two attached hydrogens (primary N) is 1. The van der Waals surface area contributed by atoms with Crippen LogP contribution in [0.25, 0.3) is 0 Å². The van der Waals surface area contributed by atoms with Gasteiger partial charge in [-0.3, -0.25) is 9.69 Å². The van der Waals surface area contributed by atoms with Crippen LogP contribution in [-0.2, 0) is 4.79 Å². The lowest BCUT2D eigenvalue weighted by Crippen LogP contribution is -2.53. The molecule has 2 bridgehead atoms. The van der Waals surface area contributed by atoms with Crippen molar-refractivity contribution in [2.75, 3.05) is 32.7 Å². The molecule has 0 spiro atoms. The van der Waals surface area contributed by atoms with Crippen LogP contribution in [0.1, 0.15) is 25.7 Å². The van der Waals surface area contributed by atoms with Gasteiger partial charge in [-0.1, -0.05) is 0 Å². The van der Waals surface area contributed by atoms with E-state index in [1.807, 2.05) is 4.90 Å². The number of amides is 1. The third kappa shape index (κ3) is 2.43. The molecule has 2 saturated carbocycles. The van der Waals surface area contributed by atoms with E-state index in [0.717, 1.165) is 32.7 Å². The third-order valence-electron chi connectivity index (χ3n) is 5.49. The standard InChI is InChI=1S/C15H24N4O/c16-4-1-5-18-6-8-19(9-7-18)15(20)13-11-2-3-12(10-11)14(13)17/h11-14H,1-3,5-10,17H2. The van der Waals surface area contributed by atoms with Crippen molar-refractivity contribution < 1.29 is 4.79 Å². The maximum absolute atomic E-state index is 12.7. The molecular weight excluding hydrogens is 252 g/mol. The highest BCUT2D eigenvalue weighted by Gasteiger charge is 2.50. The summed E-state index contributed by atoms with van der Waals surface area (Å²) in [4.78, 5) is 17.0. The third-order valence-corrected chi connectivity index (χ3v) is 5.49. The molecule has 0 aromatic carbocycles. The molecule has 1 saturated heterocycles. The largest absolute Gasteiger partial charge is 0.340 e. The van der Waals surface area contributed by atoms with Gasteiger partial charge >= 0.3 is 0 Å². The van der Waals surface area contributed by atoms with E-state index in [4.69, 9.17) is 11.0 Å². The summed E-state index contributed by atoms with van der Waals surface area (Å²) in [6, 6.07) is 2.27. The van der Waals surface area contributed by atoms with Gasteiger partial charge in [0.25, 0.3) is 0 Å². The Hall–Kier alpha value is -1.12. The number of carbonyl (C=O) groups excluding carboxylic acids is 1. The van der Waals surface area contributed by atoms with Gasteiger partial charge in [0, 0.05) is 45.2 Å². The van der Waals surface area contributed by atoms with Crippen molar-refractivity contribution in [1.29, 1.82) is 5.26 Å². The number of hydrogen-bond acceptors (Lipinski definition) is 4. The van der Waals surface area contributed by atoms with Crippen LogP contribution < -0.4 is 5.73 Å². The first-order chi connectivity index (χ1) is 9.70. The molecule has 3 rings (SSSR count). The zero-order valence-corrected chi connectivity index (χ0v) is 12.0. The number of hydrogen-bond donors (Lipinski definition) is 1. The summed E-state index contributed by atoms with van der Waals surface area (Å²) in [6.45, 7) is 4.20. The van der Waals surface area contributed by atoms with Crippen LogP contribution in [0.5, 0.6) is 0 Å². The minimum atomic E-state index is 0.0828. The van der Waals surface area contributed by atoms with E-state index in [2.05, 4.69) is 11.0 Å². The smallest absolute Gasteiger partial charge is 0.227 e. The van der Waals surface area contributed by atoms with Gasteiger partial charge in [0.15, 0.2) is 0 Å². The molecule has 4 unspecified atom stereocenters. The fraction of sp³-hybridized carbons (Fsp3) is 0.867. The van der Waals surface area contributed by atoms with E-state index in [1.165, 1.54) is 19.3 Å². The van der Waals surface area contributed by atoms with Crippen LogP contribution >= 0.6 is 0 Å². The van der Waals surface area contributed by atoms with Gasteiger partial charge < -0.3 is 10.6 Å². The average molecular weight is 276 g/mol. The SMILES string of the molecule is N#CCCN1CCN(C(=O)C2C3CCC(C3)C2N)CC1. The van der Waals surface area contributed by atoms with Crippen molar-refractivity contribution in [3.63, 3.8) is 0 Å². The van der Waals surface area contributed by atoms with Gasteiger partial charge in [0.05, 0.1) is 12.0 Å². The molecule has 5 nitrogen and oxygen atoms in total. The fourth-order valence-electron chi connectivity index (χ4n) is 4.31. The molecule has 0 radical (unpaired) electrons. The monoisotopic (exact) mass is 276 g/mol. The molecule has 20 heavy (non-hydrogen) atoms. The Labute approximate surface area is 120 Å². The lowest BCUT2D eigenvalue weighted by molar-refractivity contribution is -0.139. The van der Waals surface area contributed by atoms with Crippen LogP contribution in [0, 0.1) is 29.1 Å². The van der Waals surface area contributed by atoms with Gasteiger partial charge in [-0.05, 0) is 31.1 Å². The highest BCUT2D eigenvalue weighted by molar-refractivity contribution is 5.80. The van der Waals surface area contributed by atoms with Crippen LogP contribution in [0.4, 0.5) is 0 Å². The van der Waals surface area contributed by atoms with Gasteiger partial charge in [0.1, 0.15) is 0 Å². The summed E-state index contributed by atoms with van der Waals surface area (Å²) in [6.07, 6.45) is 4.15. The minimum Gasteiger partial charge on any atom is -0.340 e. The number of nitrogens with zero attached hydrogens (tertiary/aromatic N) is 3. The number of rotatable bonds is 3. The number of fused-ring (bicyclic) bond motifs is 2. The highest BCUT2D eigenvalue weighted by Crippen LogP contribution is 2.48. The first kappa shape index (κ1) is 13.8. The van der Waals surface area contributed by atoms with Crippen molar-refractivity contribution in [3.05, 3.63) is 0 Å². The summed E-state index contributed by atoms with van der Waals surface area (Å²) in [7, 11) is 0. The molecule has 0 aromatic heterocycles. The normalized spacial score (nSPS) is 37.1. The van der Waals surface area contributed by atoms with Gasteiger partial charge in [-0.2, -0.15) is 5.26 Å². The molecule has 110 valence electrons. The zero-order chi connectivity index (χ0) is 14.1. The molecule has 1 amide bonds. The van der Waals surface area contributed by atoms with E-state index >= 15 is 0 Å². The predicted molar refractivity (Wildman–Crippen MR) is 75.5 cm³/mol. The first-order valence-corrected chi connectivity index (χ1v) is 7.84. The Morgan fingerprint density at radius 1 is 1.20 bits per heavy atom. The number of carbonyl (C=O) groups is 1. The van der Waals surface area contributed by atoms with E-state index in [9.17, 15) is 4.79 Å². The van der Waals surface area contributed by atoms with Crippen molar-refractivity contribution in [3.8, 4) is 6.07 Å². The predicted octanol–water partition coefficient (Wildman–Crippen LogP) is 0.418. The lowest BCUT2D eigenvalue weighted by atomic mass is 9.84. The van der Waals surface area contributed by atoms with E-state index < -0.39 is 0 Å². The van der Waals surface area contributed by atoms with Crippen LogP contribution in [0.15, 0.2) is 0 Å². The topological polar surface area (TPSA) is 73.4 Å². The molecule has 5 heteroatoms. The fourth-order valence-corrected chi connectivity index (χ4v) is 4.31.